The Kier molecular flexibility index (Phi) is 3.65. The first-order valence-corrected chi connectivity index (χ1v) is 6.14. The molecule has 0 unspecified atom stereocenters. The second kappa shape index (κ2) is 5.21. The third kappa shape index (κ3) is 2.37. The van der Waals surface area contributed by atoms with Crippen LogP contribution in [0.25, 0.3) is 11.4 Å². The Hall–Kier alpha value is -1.84. The Bertz CT molecular complexity index is 547. The molecule has 0 spiro atoms. The topological polar surface area (TPSA) is 48.2 Å². The molecule has 1 heterocycles. The molecule has 0 bridgehead atoms. The van der Waals surface area contributed by atoms with Gasteiger partial charge in [-0.15, -0.1) is 0 Å². The molecular weight excluding hydrogens is 228 g/mol. The van der Waals surface area contributed by atoms with E-state index in [0.717, 1.165) is 35.3 Å². The second-order valence-corrected chi connectivity index (χ2v) is 4.42. The molecule has 0 atom stereocenters. The van der Waals surface area contributed by atoms with Crippen LogP contribution in [0.5, 0.6) is 5.75 Å². The molecule has 96 valence electrons. The summed E-state index contributed by atoms with van der Waals surface area (Å²) in [4.78, 5) is 4.41. The zero-order valence-electron chi connectivity index (χ0n) is 11.3. The lowest BCUT2D eigenvalue weighted by Crippen LogP contribution is -1.94. The second-order valence-electron chi connectivity index (χ2n) is 4.42. The zero-order valence-corrected chi connectivity index (χ0v) is 11.3. The lowest BCUT2D eigenvalue weighted by atomic mass is 10.0. The fraction of sp³-hybridized carbons (Fsp3) is 0.429. The highest BCUT2D eigenvalue weighted by Crippen LogP contribution is 2.32. The predicted octanol–water partition coefficient (Wildman–Crippen LogP) is 3.31. The van der Waals surface area contributed by atoms with Gasteiger partial charge in [-0.1, -0.05) is 18.1 Å². The van der Waals surface area contributed by atoms with Gasteiger partial charge in [-0.05, 0) is 37.5 Å². The summed E-state index contributed by atoms with van der Waals surface area (Å²) in [6.45, 7) is 6.15. The predicted molar refractivity (Wildman–Crippen MR) is 69.8 cm³/mol. The summed E-state index contributed by atoms with van der Waals surface area (Å²) in [6, 6.07) is 4.08. The molecule has 0 fully saturated rings. The summed E-state index contributed by atoms with van der Waals surface area (Å²) in [5.74, 6) is 2.07. The highest BCUT2D eigenvalue weighted by atomic mass is 16.5. The maximum atomic E-state index is 5.41. The number of aromatic nitrogens is 2. The van der Waals surface area contributed by atoms with Crippen LogP contribution in [0.15, 0.2) is 16.7 Å². The minimum Gasteiger partial charge on any atom is -0.496 e. The number of hydrogen-bond donors (Lipinski definition) is 0. The first-order valence-electron chi connectivity index (χ1n) is 6.14. The third-order valence-corrected chi connectivity index (χ3v) is 2.82. The molecule has 0 aliphatic carbocycles. The monoisotopic (exact) mass is 246 g/mol. The van der Waals surface area contributed by atoms with Crippen LogP contribution in [0.3, 0.4) is 0 Å². The van der Waals surface area contributed by atoms with Gasteiger partial charge in [0.05, 0.1) is 12.7 Å². The molecule has 0 saturated carbocycles. The number of hydrogen-bond acceptors (Lipinski definition) is 4. The van der Waals surface area contributed by atoms with Crippen molar-refractivity contribution in [3.8, 4) is 17.1 Å². The molecule has 1 aromatic carbocycles. The molecule has 0 amide bonds. The van der Waals surface area contributed by atoms with Gasteiger partial charge < -0.3 is 9.26 Å². The maximum absolute atomic E-state index is 5.41. The lowest BCUT2D eigenvalue weighted by molar-refractivity contribution is 0.377. The van der Waals surface area contributed by atoms with Crippen molar-refractivity contribution in [3.63, 3.8) is 0 Å². The standard InChI is InChI=1S/C14H18N2O2/c1-5-6-12-15-14(16-18-12)13-10(3)7-9(2)8-11(13)17-4/h7-8H,5-6H2,1-4H3. The fourth-order valence-corrected chi connectivity index (χ4v) is 2.05. The minimum absolute atomic E-state index is 0.604. The average Bonchev–Trinajstić information content (AvgIpc) is 2.76. The Morgan fingerprint density at radius 1 is 1.28 bits per heavy atom. The van der Waals surface area contributed by atoms with Gasteiger partial charge in [-0.2, -0.15) is 4.98 Å². The smallest absolute Gasteiger partial charge is 0.226 e. The minimum atomic E-state index is 0.604. The summed E-state index contributed by atoms with van der Waals surface area (Å²) in [7, 11) is 1.66. The van der Waals surface area contributed by atoms with Crippen LogP contribution < -0.4 is 4.74 Å². The molecule has 0 aliphatic heterocycles. The van der Waals surface area contributed by atoms with Gasteiger partial charge in [0.15, 0.2) is 0 Å². The van der Waals surface area contributed by atoms with Crippen molar-refractivity contribution in [2.75, 3.05) is 7.11 Å². The van der Waals surface area contributed by atoms with Gasteiger partial charge in [0.1, 0.15) is 5.75 Å². The van der Waals surface area contributed by atoms with E-state index in [4.69, 9.17) is 9.26 Å². The summed E-state index contributed by atoms with van der Waals surface area (Å²) in [5, 5.41) is 4.04. The Balaban J connectivity index is 2.48. The van der Waals surface area contributed by atoms with Gasteiger partial charge >= 0.3 is 0 Å². The van der Waals surface area contributed by atoms with Crippen molar-refractivity contribution >= 4 is 0 Å². The average molecular weight is 246 g/mol. The van der Waals surface area contributed by atoms with E-state index in [1.165, 1.54) is 0 Å². The van der Waals surface area contributed by atoms with Crippen LogP contribution in [-0.2, 0) is 6.42 Å². The summed E-state index contributed by atoms with van der Waals surface area (Å²) in [6.07, 6.45) is 1.80. The van der Waals surface area contributed by atoms with Crippen LogP contribution in [0.2, 0.25) is 0 Å². The van der Waals surface area contributed by atoms with E-state index in [9.17, 15) is 0 Å². The van der Waals surface area contributed by atoms with Crippen LogP contribution in [0.4, 0.5) is 0 Å². The number of nitrogens with zero attached hydrogens (tertiary/aromatic N) is 2. The van der Waals surface area contributed by atoms with E-state index >= 15 is 0 Å². The van der Waals surface area contributed by atoms with Crippen LogP contribution in [0, 0.1) is 13.8 Å². The molecule has 18 heavy (non-hydrogen) atoms. The zero-order chi connectivity index (χ0) is 13.1. The largest absolute Gasteiger partial charge is 0.496 e. The van der Waals surface area contributed by atoms with Crippen molar-refractivity contribution in [1.29, 1.82) is 0 Å². The van der Waals surface area contributed by atoms with E-state index in [-0.39, 0.29) is 0 Å². The molecule has 4 nitrogen and oxygen atoms in total. The number of ether oxygens (including phenoxy) is 1. The van der Waals surface area contributed by atoms with Gasteiger partial charge in [0, 0.05) is 6.42 Å². The molecule has 2 aromatic rings. The summed E-state index contributed by atoms with van der Waals surface area (Å²) in [5.41, 5.74) is 3.16. The molecule has 0 saturated heterocycles. The van der Waals surface area contributed by atoms with E-state index < -0.39 is 0 Å². The van der Waals surface area contributed by atoms with Crippen molar-refractivity contribution in [1.82, 2.24) is 10.1 Å². The Labute approximate surface area is 107 Å². The number of methoxy groups -OCH3 is 1. The fourth-order valence-electron chi connectivity index (χ4n) is 2.05. The van der Waals surface area contributed by atoms with Gasteiger partial charge in [-0.25, -0.2) is 0 Å². The molecule has 0 N–H and O–H groups in total. The number of rotatable bonds is 4. The van der Waals surface area contributed by atoms with Crippen LogP contribution >= 0.6 is 0 Å². The highest BCUT2D eigenvalue weighted by molar-refractivity contribution is 5.68. The highest BCUT2D eigenvalue weighted by Gasteiger charge is 2.16. The van der Waals surface area contributed by atoms with Crippen molar-refractivity contribution in [2.24, 2.45) is 0 Å². The quantitative estimate of drug-likeness (QED) is 0.830. The van der Waals surface area contributed by atoms with Crippen LogP contribution in [-0.4, -0.2) is 17.3 Å². The Morgan fingerprint density at radius 3 is 2.72 bits per heavy atom. The van der Waals surface area contributed by atoms with Crippen molar-refractivity contribution in [3.05, 3.63) is 29.2 Å². The van der Waals surface area contributed by atoms with Crippen LogP contribution in [0.1, 0.15) is 30.4 Å². The van der Waals surface area contributed by atoms with Gasteiger partial charge in [-0.3, -0.25) is 0 Å². The summed E-state index contributed by atoms with van der Waals surface area (Å²) < 4.78 is 10.6. The molecule has 1 aromatic heterocycles. The number of aryl methyl sites for hydroxylation is 3. The number of benzene rings is 1. The van der Waals surface area contributed by atoms with Gasteiger partial charge in [0.2, 0.25) is 11.7 Å². The van der Waals surface area contributed by atoms with Crippen molar-refractivity contribution in [2.45, 2.75) is 33.6 Å². The third-order valence-electron chi connectivity index (χ3n) is 2.82. The molecular formula is C14H18N2O2. The molecule has 4 heteroatoms. The summed E-state index contributed by atoms with van der Waals surface area (Å²) >= 11 is 0. The molecule has 0 radical (unpaired) electrons. The van der Waals surface area contributed by atoms with E-state index in [1.807, 2.05) is 19.9 Å². The Morgan fingerprint density at radius 2 is 2.06 bits per heavy atom. The first kappa shape index (κ1) is 12.6. The van der Waals surface area contributed by atoms with E-state index in [0.29, 0.717) is 11.7 Å². The molecule has 0 aliphatic rings. The first-order chi connectivity index (χ1) is 8.65. The van der Waals surface area contributed by atoms with E-state index in [1.54, 1.807) is 7.11 Å². The lowest BCUT2D eigenvalue weighted by Gasteiger charge is -2.09. The van der Waals surface area contributed by atoms with Gasteiger partial charge in [0.25, 0.3) is 0 Å². The SMILES string of the molecule is CCCc1nc(-c2c(C)cc(C)cc2OC)no1. The van der Waals surface area contributed by atoms with E-state index in [2.05, 4.69) is 23.1 Å². The normalized spacial score (nSPS) is 10.7. The molecule has 2 rings (SSSR count). The maximum Gasteiger partial charge on any atom is 0.226 e. The van der Waals surface area contributed by atoms with Crippen molar-refractivity contribution < 1.29 is 9.26 Å².